The van der Waals surface area contributed by atoms with Crippen molar-refractivity contribution in [3.05, 3.63) is 64.3 Å². The number of rotatable bonds is 3. The van der Waals surface area contributed by atoms with Crippen molar-refractivity contribution in [2.75, 3.05) is 16.8 Å². The number of hydrogen-bond donors (Lipinski definition) is 1. The Morgan fingerprint density at radius 2 is 2.04 bits per heavy atom. The first-order chi connectivity index (χ1) is 12.2. The number of fused-ring (bicyclic) bond motifs is 1. The third kappa shape index (κ3) is 3.35. The maximum Gasteiger partial charge on any atom is 0.251 e. The second-order valence-electron chi connectivity index (χ2n) is 6.11. The maximum absolute atomic E-state index is 4.67. The highest BCUT2D eigenvalue weighted by Crippen LogP contribution is 2.31. The van der Waals surface area contributed by atoms with Crippen molar-refractivity contribution in [3.63, 3.8) is 0 Å². The lowest BCUT2D eigenvalue weighted by Crippen LogP contribution is -2.26. The van der Waals surface area contributed by atoms with Gasteiger partial charge in [0, 0.05) is 22.4 Å². The van der Waals surface area contributed by atoms with Crippen LogP contribution in [0.4, 0.5) is 23.1 Å². The minimum absolute atomic E-state index is 0.628. The van der Waals surface area contributed by atoms with Crippen molar-refractivity contribution < 1.29 is 0 Å². The number of nitrogens with one attached hydrogen (secondary N) is 1. The van der Waals surface area contributed by atoms with Crippen LogP contribution in [0.5, 0.6) is 0 Å². The summed E-state index contributed by atoms with van der Waals surface area (Å²) in [5.74, 6) is 1.31. The summed E-state index contributed by atoms with van der Waals surface area (Å²) in [6.07, 6.45) is 3.82. The summed E-state index contributed by atoms with van der Waals surface area (Å²) in [7, 11) is 0. The van der Waals surface area contributed by atoms with E-state index in [-0.39, 0.29) is 0 Å². The maximum atomic E-state index is 4.67. The number of anilines is 4. The van der Waals surface area contributed by atoms with Crippen LogP contribution in [0.25, 0.3) is 0 Å². The molecule has 0 amide bonds. The van der Waals surface area contributed by atoms with Gasteiger partial charge in [0.2, 0.25) is 0 Å². The zero-order valence-corrected chi connectivity index (χ0v) is 15.5. The second-order valence-corrected chi connectivity index (χ2v) is 6.97. The predicted molar refractivity (Wildman–Crippen MR) is 104 cm³/mol. The molecule has 1 aromatic heterocycles. The summed E-state index contributed by atoms with van der Waals surface area (Å²) in [4.78, 5) is 6.81. The molecule has 0 unspecified atom stereocenters. The molecule has 4 rings (SSSR count). The topological polar surface area (TPSA) is 53.9 Å². The number of aromatic nitrogens is 3. The second kappa shape index (κ2) is 6.80. The average Bonchev–Trinajstić information content (AvgIpc) is 2.64. The van der Waals surface area contributed by atoms with Gasteiger partial charge in [-0.15, -0.1) is 5.10 Å². The van der Waals surface area contributed by atoms with E-state index < -0.39 is 0 Å². The van der Waals surface area contributed by atoms with Crippen LogP contribution >= 0.6 is 15.9 Å². The Bertz CT molecular complexity index is 912. The normalized spacial score (nSPS) is 13.4. The van der Waals surface area contributed by atoms with E-state index in [2.05, 4.69) is 78.6 Å². The molecule has 2 heterocycles. The number of para-hydroxylation sites is 1. The smallest absolute Gasteiger partial charge is 0.251 e. The molecule has 0 fully saturated rings. The highest BCUT2D eigenvalue weighted by atomic mass is 79.9. The van der Waals surface area contributed by atoms with E-state index >= 15 is 0 Å². The van der Waals surface area contributed by atoms with E-state index in [9.17, 15) is 0 Å². The molecule has 0 spiro atoms. The number of aryl methyl sites for hydroxylation is 2. The molecule has 0 atom stereocenters. The van der Waals surface area contributed by atoms with Gasteiger partial charge in [-0.3, -0.25) is 0 Å². The number of halogens is 1. The van der Waals surface area contributed by atoms with Crippen molar-refractivity contribution in [1.82, 2.24) is 15.2 Å². The van der Waals surface area contributed by atoms with E-state index in [1.165, 1.54) is 16.8 Å². The van der Waals surface area contributed by atoms with Gasteiger partial charge in [0.25, 0.3) is 5.95 Å². The third-order valence-corrected chi connectivity index (χ3v) is 5.20. The van der Waals surface area contributed by atoms with Gasteiger partial charge < -0.3 is 10.2 Å². The summed E-state index contributed by atoms with van der Waals surface area (Å²) in [5.41, 5.74) is 4.66. The molecule has 2 aromatic carbocycles. The Kier molecular flexibility index (Phi) is 4.36. The standard InChI is InChI=1S/C19H18BrN5/c1-13-8-9-15(11-16(13)20)22-18-12-21-24-19(23-18)25-10-4-6-14-5-2-3-7-17(14)25/h2-3,5,7-9,11-12H,4,6,10H2,1H3,(H,22,23,24). The largest absolute Gasteiger partial charge is 0.339 e. The summed E-state index contributed by atoms with van der Waals surface area (Å²) >= 11 is 3.56. The van der Waals surface area contributed by atoms with E-state index in [1.54, 1.807) is 6.20 Å². The first-order valence-corrected chi connectivity index (χ1v) is 9.08. The van der Waals surface area contributed by atoms with Gasteiger partial charge in [-0.2, -0.15) is 10.1 Å². The monoisotopic (exact) mass is 395 g/mol. The molecule has 0 radical (unpaired) electrons. The van der Waals surface area contributed by atoms with E-state index in [0.717, 1.165) is 29.5 Å². The fourth-order valence-corrected chi connectivity index (χ4v) is 3.41. The van der Waals surface area contributed by atoms with Crippen LogP contribution in [-0.2, 0) is 6.42 Å². The van der Waals surface area contributed by atoms with Gasteiger partial charge in [-0.1, -0.05) is 40.2 Å². The lowest BCUT2D eigenvalue weighted by Gasteiger charge is -2.29. The van der Waals surface area contributed by atoms with Crippen LogP contribution in [0.1, 0.15) is 17.5 Å². The summed E-state index contributed by atoms with van der Waals surface area (Å²) in [5, 5.41) is 11.7. The van der Waals surface area contributed by atoms with E-state index in [0.29, 0.717) is 11.8 Å². The molecule has 0 aliphatic carbocycles. The van der Waals surface area contributed by atoms with Crippen LogP contribution in [0.15, 0.2) is 53.1 Å². The molecule has 6 heteroatoms. The predicted octanol–water partition coefficient (Wildman–Crippen LogP) is 4.77. The van der Waals surface area contributed by atoms with Crippen LogP contribution in [0.3, 0.4) is 0 Å². The molecule has 1 N–H and O–H groups in total. The Labute approximate surface area is 155 Å². The van der Waals surface area contributed by atoms with Gasteiger partial charge in [-0.05, 0) is 49.1 Å². The summed E-state index contributed by atoms with van der Waals surface area (Å²) in [6, 6.07) is 14.5. The molecule has 1 aliphatic heterocycles. The highest BCUT2D eigenvalue weighted by molar-refractivity contribution is 9.10. The van der Waals surface area contributed by atoms with Gasteiger partial charge in [0.15, 0.2) is 5.82 Å². The van der Waals surface area contributed by atoms with E-state index in [1.807, 2.05) is 12.1 Å². The molecule has 0 saturated carbocycles. The molecule has 0 saturated heterocycles. The lowest BCUT2D eigenvalue weighted by atomic mass is 10.0. The van der Waals surface area contributed by atoms with Crippen molar-refractivity contribution in [3.8, 4) is 0 Å². The van der Waals surface area contributed by atoms with Crippen molar-refractivity contribution in [2.24, 2.45) is 0 Å². The minimum atomic E-state index is 0.628. The van der Waals surface area contributed by atoms with Crippen molar-refractivity contribution in [1.29, 1.82) is 0 Å². The zero-order chi connectivity index (χ0) is 17.2. The first-order valence-electron chi connectivity index (χ1n) is 8.29. The van der Waals surface area contributed by atoms with Gasteiger partial charge in [0.05, 0.1) is 6.20 Å². The van der Waals surface area contributed by atoms with Crippen molar-refractivity contribution in [2.45, 2.75) is 19.8 Å². The molecule has 5 nitrogen and oxygen atoms in total. The highest BCUT2D eigenvalue weighted by Gasteiger charge is 2.20. The van der Waals surface area contributed by atoms with E-state index in [4.69, 9.17) is 0 Å². The third-order valence-electron chi connectivity index (χ3n) is 4.34. The Hall–Kier alpha value is -2.47. The molecule has 3 aromatic rings. The number of benzene rings is 2. The van der Waals surface area contributed by atoms with Crippen LogP contribution in [0.2, 0.25) is 0 Å². The summed E-state index contributed by atoms with van der Waals surface area (Å²) in [6.45, 7) is 2.96. The number of nitrogens with zero attached hydrogens (tertiary/aromatic N) is 4. The quantitative estimate of drug-likeness (QED) is 0.691. The lowest BCUT2D eigenvalue weighted by molar-refractivity contribution is 0.742. The van der Waals surface area contributed by atoms with Crippen LogP contribution in [0, 0.1) is 6.92 Å². The Morgan fingerprint density at radius 1 is 1.16 bits per heavy atom. The minimum Gasteiger partial charge on any atom is -0.339 e. The van der Waals surface area contributed by atoms with Gasteiger partial charge in [-0.25, -0.2) is 0 Å². The summed E-state index contributed by atoms with van der Waals surface area (Å²) < 4.78 is 1.06. The Morgan fingerprint density at radius 3 is 2.92 bits per heavy atom. The van der Waals surface area contributed by atoms with Crippen LogP contribution in [-0.4, -0.2) is 21.7 Å². The molecule has 1 aliphatic rings. The fourth-order valence-electron chi connectivity index (χ4n) is 3.03. The SMILES string of the molecule is Cc1ccc(Nc2cnnc(N3CCCc4ccccc43)n2)cc1Br. The molecule has 0 bridgehead atoms. The Balaban J connectivity index is 1.63. The first kappa shape index (κ1) is 16.0. The fraction of sp³-hybridized carbons (Fsp3) is 0.211. The number of hydrogen-bond acceptors (Lipinski definition) is 5. The zero-order valence-electron chi connectivity index (χ0n) is 13.9. The molecular formula is C19H18BrN5. The molecule has 25 heavy (non-hydrogen) atoms. The average molecular weight is 396 g/mol. The molecular weight excluding hydrogens is 378 g/mol. The van der Waals surface area contributed by atoms with Crippen molar-refractivity contribution >= 4 is 39.1 Å². The van der Waals surface area contributed by atoms with Gasteiger partial charge >= 0.3 is 0 Å². The van der Waals surface area contributed by atoms with Gasteiger partial charge in [0.1, 0.15) is 0 Å². The van der Waals surface area contributed by atoms with Crippen LogP contribution < -0.4 is 10.2 Å². The molecule has 126 valence electrons.